The third-order valence-electron chi connectivity index (χ3n) is 3.39. The Hall–Kier alpha value is -0.450. The molecule has 0 atom stereocenters. The van der Waals surface area contributed by atoms with Crippen molar-refractivity contribution in [2.45, 2.75) is 25.7 Å². The highest BCUT2D eigenvalue weighted by Crippen LogP contribution is 2.38. The van der Waals surface area contributed by atoms with E-state index in [2.05, 4.69) is 15.7 Å². The van der Waals surface area contributed by atoms with Crippen LogP contribution in [0.4, 0.5) is 0 Å². The topological polar surface area (TPSA) is 50.9 Å². The summed E-state index contributed by atoms with van der Waals surface area (Å²) in [7, 11) is 0. The van der Waals surface area contributed by atoms with E-state index < -0.39 is 0 Å². The van der Waals surface area contributed by atoms with Gasteiger partial charge in [-0.15, -0.1) is 11.3 Å². The van der Waals surface area contributed by atoms with Crippen LogP contribution in [0, 0.1) is 5.41 Å². The molecule has 3 nitrogen and oxygen atoms in total. The van der Waals surface area contributed by atoms with Gasteiger partial charge in [0.05, 0.1) is 11.2 Å². The van der Waals surface area contributed by atoms with Crippen LogP contribution < -0.4 is 11.1 Å². The van der Waals surface area contributed by atoms with E-state index in [9.17, 15) is 0 Å². The van der Waals surface area contributed by atoms with Crippen LogP contribution >= 0.6 is 11.3 Å². The first-order chi connectivity index (χ1) is 7.35. The van der Waals surface area contributed by atoms with Gasteiger partial charge in [0.2, 0.25) is 0 Å². The van der Waals surface area contributed by atoms with Gasteiger partial charge in [-0.2, -0.15) is 0 Å². The average molecular weight is 225 g/mol. The van der Waals surface area contributed by atoms with Crippen molar-refractivity contribution in [3.63, 3.8) is 0 Å². The van der Waals surface area contributed by atoms with Crippen molar-refractivity contribution in [3.8, 4) is 0 Å². The van der Waals surface area contributed by atoms with Gasteiger partial charge >= 0.3 is 0 Å². The summed E-state index contributed by atoms with van der Waals surface area (Å²) in [6, 6.07) is 0. The molecule has 4 heteroatoms. The molecule has 2 rings (SSSR count). The smallest absolute Gasteiger partial charge is 0.0794 e. The van der Waals surface area contributed by atoms with Crippen LogP contribution in [0.1, 0.15) is 25.0 Å². The van der Waals surface area contributed by atoms with Crippen LogP contribution in [-0.2, 0) is 6.42 Å². The van der Waals surface area contributed by atoms with Gasteiger partial charge in [0.25, 0.3) is 0 Å². The lowest BCUT2D eigenvalue weighted by Gasteiger charge is -2.41. The van der Waals surface area contributed by atoms with Crippen molar-refractivity contribution in [3.05, 3.63) is 16.6 Å². The van der Waals surface area contributed by atoms with Gasteiger partial charge < -0.3 is 11.1 Å². The monoisotopic (exact) mass is 225 g/mol. The lowest BCUT2D eigenvalue weighted by atomic mass is 9.69. The van der Waals surface area contributed by atoms with Crippen molar-refractivity contribution < 1.29 is 0 Å². The number of nitrogens with zero attached hydrogens (tertiary/aromatic N) is 1. The summed E-state index contributed by atoms with van der Waals surface area (Å²) < 4.78 is 0. The van der Waals surface area contributed by atoms with E-state index in [0.29, 0.717) is 5.41 Å². The number of aromatic nitrogens is 1. The molecular weight excluding hydrogens is 206 g/mol. The summed E-state index contributed by atoms with van der Waals surface area (Å²) in [5.41, 5.74) is 9.30. The molecule has 1 aromatic rings. The maximum absolute atomic E-state index is 5.79. The van der Waals surface area contributed by atoms with E-state index >= 15 is 0 Å². The summed E-state index contributed by atoms with van der Waals surface area (Å²) >= 11 is 1.66. The van der Waals surface area contributed by atoms with E-state index in [4.69, 9.17) is 5.73 Å². The zero-order valence-corrected chi connectivity index (χ0v) is 9.85. The van der Waals surface area contributed by atoms with Crippen LogP contribution in [0.5, 0.6) is 0 Å². The molecule has 0 bridgehead atoms. The molecule has 3 N–H and O–H groups in total. The number of hydrogen-bond acceptors (Lipinski definition) is 4. The minimum Gasteiger partial charge on any atom is -0.330 e. The molecule has 1 heterocycles. The maximum Gasteiger partial charge on any atom is 0.0794 e. The van der Waals surface area contributed by atoms with E-state index in [1.165, 1.54) is 25.0 Å². The molecule has 0 unspecified atom stereocenters. The molecule has 1 aliphatic rings. The zero-order valence-electron chi connectivity index (χ0n) is 9.04. The Balaban J connectivity index is 1.62. The zero-order chi connectivity index (χ0) is 10.6. The largest absolute Gasteiger partial charge is 0.330 e. The van der Waals surface area contributed by atoms with Crippen molar-refractivity contribution >= 4 is 11.3 Å². The Morgan fingerprint density at radius 1 is 1.53 bits per heavy atom. The maximum atomic E-state index is 5.79. The van der Waals surface area contributed by atoms with Gasteiger partial charge in [0.15, 0.2) is 0 Å². The predicted octanol–water partition coefficient (Wildman–Crippen LogP) is 1.40. The standard InChI is InChI=1S/C11H19N3S/c12-7-11(3-1-4-11)8-13-5-2-10-6-15-9-14-10/h6,9,13H,1-5,7-8,12H2. The van der Waals surface area contributed by atoms with E-state index in [0.717, 1.165) is 26.1 Å². The summed E-state index contributed by atoms with van der Waals surface area (Å²) in [6.45, 7) is 2.93. The molecule has 15 heavy (non-hydrogen) atoms. The lowest BCUT2D eigenvalue weighted by molar-refractivity contribution is 0.141. The molecule has 1 aromatic heterocycles. The van der Waals surface area contributed by atoms with Gasteiger partial charge in [-0.05, 0) is 24.8 Å². The second kappa shape index (κ2) is 5.05. The Bertz CT molecular complexity index is 275. The first-order valence-electron chi connectivity index (χ1n) is 5.63. The SMILES string of the molecule is NCC1(CNCCc2cscn2)CCC1. The predicted molar refractivity (Wildman–Crippen MR) is 64.0 cm³/mol. The molecule has 0 spiro atoms. The summed E-state index contributed by atoms with van der Waals surface area (Å²) in [6.07, 6.45) is 4.98. The third-order valence-corrected chi connectivity index (χ3v) is 4.02. The Morgan fingerprint density at radius 3 is 2.93 bits per heavy atom. The fourth-order valence-corrected chi connectivity index (χ4v) is 2.65. The molecule has 0 aromatic carbocycles. The van der Waals surface area contributed by atoms with Crippen LogP contribution in [0.3, 0.4) is 0 Å². The van der Waals surface area contributed by atoms with Gasteiger partial charge in [0, 0.05) is 24.9 Å². The molecular formula is C11H19N3S. The first-order valence-corrected chi connectivity index (χ1v) is 6.57. The fourth-order valence-electron chi connectivity index (χ4n) is 2.06. The second-order valence-electron chi connectivity index (χ2n) is 4.46. The van der Waals surface area contributed by atoms with Gasteiger partial charge in [0.1, 0.15) is 0 Å². The number of rotatable bonds is 6. The lowest BCUT2D eigenvalue weighted by Crippen LogP contribution is -2.45. The summed E-state index contributed by atoms with van der Waals surface area (Å²) in [5.74, 6) is 0. The average Bonchev–Trinajstić information content (AvgIpc) is 2.68. The number of thiazole rings is 1. The third kappa shape index (κ3) is 2.77. The van der Waals surface area contributed by atoms with Crippen molar-refractivity contribution in [1.82, 2.24) is 10.3 Å². The van der Waals surface area contributed by atoms with Crippen LogP contribution in [0.2, 0.25) is 0 Å². The van der Waals surface area contributed by atoms with Gasteiger partial charge in [-0.1, -0.05) is 6.42 Å². The number of nitrogens with two attached hydrogens (primary N) is 1. The highest BCUT2D eigenvalue weighted by atomic mass is 32.1. The normalized spacial score (nSPS) is 18.7. The quantitative estimate of drug-likeness (QED) is 0.720. The second-order valence-corrected chi connectivity index (χ2v) is 5.18. The minimum atomic E-state index is 0.419. The molecule has 0 radical (unpaired) electrons. The van der Waals surface area contributed by atoms with Crippen molar-refractivity contribution in [1.29, 1.82) is 0 Å². The molecule has 0 saturated heterocycles. The molecule has 1 aliphatic carbocycles. The molecule has 1 saturated carbocycles. The van der Waals surface area contributed by atoms with Crippen LogP contribution in [0.15, 0.2) is 10.9 Å². The molecule has 0 amide bonds. The van der Waals surface area contributed by atoms with E-state index in [-0.39, 0.29) is 0 Å². The number of hydrogen-bond donors (Lipinski definition) is 2. The van der Waals surface area contributed by atoms with Crippen LogP contribution in [-0.4, -0.2) is 24.6 Å². The van der Waals surface area contributed by atoms with E-state index in [1.807, 2.05) is 5.51 Å². The van der Waals surface area contributed by atoms with Crippen LogP contribution in [0.25, 0.3) is 0 Å². The highest BCUT2D eigenvalue weighted by molar-refractivity contribution is 7.07. The number of nitrogens with one attached hydrogen (secondary N) is 1. The highest BCUT2D eigenvalue weighted by Gasteiger charge is 2.34. The first kappa shape index (κ1) is 11.0. The summed E-state index contributed by atoms with van der Waals surface area (Å²) in [5, 5.41) is 5.62. The molecule has 0 aliphatic heterocycles. The Kier molecular flexibility index (Phi) is 3.72. The molecule has 84 valence electrons. The van der Waals surface area contributed by atoms with Crippen molar-refractivity contribution in [2.24, 2.45) is 11.1 Å². The van der Waals surface area contributed by atoms with Gasteiger partial charge in [-0.25, -0.2) is 4.98 Å². The van der Waals surface area contributed by atoms with E-state index in [1.54, 1.807) is 11.3 Å². The Labute approximate surface area is 95.1 Å². The van der Waals surface area contributed by atoms with Gasteiger partial charge in [-0.3, -0.25) is 0 Å². The Morgan fingerprint density at radius 2 is 2.40 bits per heavy atom. The molecule has 1 fully saturated rings. The summed E-state index contributed by atoms with van der Waals surface area (Å²) in [4.78, 5) is 4.26. The van der Waals surface area contributed by atoms with Crippen molar-refractivity contribution in [2.75, 3.05) is 19.6 Å². The fraction of sp³-hybridized carbons (Fsp3) is 0.727. The minimum absolute atomic E-state index is 0.419.